The number of rotatable bonds is 5. The maximum absolute atomic E-state index is 5.62. The molecule has 0 spiro atoms. The Bertz CT molecular complexity index is 621. The van der Waals surface area contributed by atoms with E-state index in [1.807, 2.05) is 41.9 Å². The summed E-state index contributed by atoms with van der Waals surface area (Å²) in [5.74, 6) is 1.20. The zero-order valence-electron chi connectivity index (χ0n) is 10.2. The Morgan fingerprint density at radius 1 is 1.11 bits per heavy atom. The monoisotopic (exact) mass is 273 g/mol. The molecule has 3 rings (SSSR count). The lowest BCUT2D eigenvalue weighted by atomic mass is 10.2. The van der Waals surface area contributed by atoms with Crippen molar-refractivity contribution in [3.8, 4) is 11.5 Å². The van der Waals surface area contributed by atoms with E-state index in [9.17, 15) is 0 Å². The lowest BCUT2D eigenvalue weighted by Gasteiger charge is -1.95. The van der Waals surface area contributed by atoms with E-state index >= 15 is 0 Å². The minimum Gasteiger partial charge on any atom is -0.415 e. The zero-order chi connectivity index (χ0) is 12.9. The first-order chi connectivity index (χ1) is 9.42. The van der Waals surface area contributed by atoms with Crippen molar-refractivity contribution in [3.63, 3.8) is 0 Å². The molecule has 0 aliphatic carbocycles. The molecular formula is C13H13N4OS+. The second-order valence-corrected chi connectivity index (χ2v) is 4.97. The van der Waals surface area contributed by atoms with Crippen LogP contribution in [0.5, 0.6) is 0 Å². The van der Waals surface area contributed by atoms with Gasteiger partial charge in [0.2, 0.25) is 5.89 Å². The normalized spacial score (nSPS) is 10.7. The Morgan fingerprint density at radius 3 is 2.79 bits per heavy atom. The first kappa shape index (κ1) is 12.0. The maximum atomic E-state index is 5.62. The second kappa shape index (κ2) is 5.73. The summed E-state index contributed by atoms with van der Waals surface area (Å²) in [6.07, 6.45) is 1.81. The smallest absolute Gasteiger partial charge is 0.271 e. The van der Waals surface area contributed by atoms with Crippen LogP contribution in [-0.2, 0) is 13.1 Å². The average molecular weight is 273 g/mol. The van der Waals surface area contributed by atoms with E-state index in [-0.39, 0.29) is 0 Å². The lowest BCUT2D eigenvalue weighted by Crippen LogP contribution is -2.80. The van der Waals surface area contributed by atoms with Crippen molar-refractivity contribution in [1.82, 2.24) is 15.2 Å². The van der Waals surface area contributed by atoms with Gasteiger partial charge in [-0.15, -0.1) is 21.5 Å². The largest absolute Gasteiger partial charge is 0.415 e. The summed E-state index contributed by atoms with van der Waals surface area (Å²) in [5, 5.41) is 13.3. The maximum Gasteiger partial charge on any atom is 0.271 e. The van der Waals surface area contributed by atoms with Gasteiger partial charge in [-0.05, 0) is 12.1 Å². The molecule has 2 heterocycles. The molecule has 0 fully saturated rings. The van der Waals surface area contributed by atoms with E-state index in [4.69, 9.17) is 4.42 Å². The number of nitrogens with zero attached hydrogens (tertiary/aromatic N) is 3. The van der Waals surface area contributed by atoms with Gasteiger partial charge in [-0.1, -0.05) is 18.2 Å². The minimum atomic E-state index is 0.568. The molecule has 0 unspecified atom stereocenters. The summed E-state index contributed by atoms with van der Waals surface area (Å²) >= 11 is 1.65. The van der Waals surface area contributed by atoms with Gasteiger partial charge in [0.1, 0.15) is 11.6 Å². The van der Waals surface area contributed by atoms with E-state index in [0.717, 1.165) is 17.1 Å². The van der Waals surface area contributed by atoms with E-state index in [2.05, 4.69) is 20.5 Å². The van der Waals surface area contributed by atoms with E-state index in [0.29, 0.717) is 18.3 Å². The molecule has 1 aromatic carbocycles. The molecule has 0 radical (unpaired) electrons. The molecule has 19 heavy (non-hydrogen) atoms. The van der Waals surface area contributed by atoms with Crippen LogP contribution in [0.2, 0.25) is 0 Å². The third-order valence-electron chi connectivity index (χ3n) is 2.61. The van der Waals surface area contributed by atoms with Crippen molar-refractivity contribution in [1.29, 1.82) is 0 Å². The molecule has 0 aliphatic heterocycles. The Hall–Kier alpha value is -2.05. The topological polar surface area (TPSA) is 68.4 Å². The predicted molar refractivity (Wildman–Crippen MR) is 71.2 cm³/mol. The van der Waals surface area contributed by atoms with Crippen LogP contribution in [0.4, 0.5) is 0 Å². The van der Waals surface area contributed by atoms with Gasteiger partial charge >= 0.3 is 0 Å². The highest BCUT2D eigenvalue weighted by Crippen LogP contribution is 2.16. The first-order valence-corrected chi connectivity index (χ1v) is 6.87. The fraction of sp³-hybridized carbons (Fsp3) is 0.154. The van der Waals surface area contributed by atoms with Gasteiger partial charge in [0.25, 0.3) is 5.89 Å². The molecule has 0 amide bonds. The van der Waals surface area contributed by atoms with Crippen LogP contribution < -0.4 is 5.32 Å². The Balaban J connectivity index is 1.59. The molecule has 0 bridgehead atoms. The second-order valence-electron chi connectivity index (χ2n) is 3.99. The number of benzene rings is 1. The molecular weight excluding hydrogens is 260 g/mol. The van der Waals surface area contributed by atoms with Crippen molar-refractivity contribution in [2.75, 3.05) is 0 Å². The van der Waals surface area contributed by atoms with Crippen LogP contribution in [0.1, 0.15) is 10.9 Å². The predicted octanol–water partition coefficient (Wildman–Crippen LogP) is 1.46. The molecule has 96 valence electrons. The van der Waals surface area contributed by atoms with E-state index < -0.39 is 0 Å². The molecule has 0 saturated carbocycles. The Labute approximate surface area is 114 Å². The third-order valence-corrected chi connectivity index (χ3v) is 3.41. The highest BCUT2D eigenvalue weighted by atomic mass is 32.1. The molecule has 2 N–H and O–H groups in total. The van der Waals surface area contributed by atoms with Crippen molar-refractivity contribution >= 4 is 11.3 Å². The van der Waals surface area contributed by atoms with Crippen LogP contribution in [-0.4, -0.2) is 15.2 Å². The lowest BCUT2D eigenvalue weighted by molar-refractivity contribution is -0.688. The number of thiazole rings is 1. The Morgan fingerprint density at radius 2 is 2.00 bits per heavy atom. The van der Waals surface area contributed by atoms with Crippen LogP contribution >= 0.6 is 11.3 Å². The van der Waals surface area contributed by atoms with E-state index in [1.165, 1.54) is 0 Å². The van der Waals surface area contributed by atoms with Crippen molar-refractivity contribution in [2.45, 2.75) is 13.1 Å². The van der Waals surface area contributed by atoms with Gasteiger partial charge in [0.05, 0.1) is 0 Å². The number of aromatic nitrogens is 3. The molecule has 6 heteroatoms. The SMILES string of the molecule is c1ccc(-c2nnc(C[NH2+]Cc3nccs3)o2)cc1. The number of hydrogen-bond acceptors (Lipinski definition) is 5. The zero-order valence-corrected chi connectivity index (χ0v) is 11.0. The summed E-state index contributed by atoms with van der Waals surface area (Å²) in [4.78, 5) is 4.22. The summed E-state index contributed by atoms with van der Waals surface area (Å²) < 4.78 is 5.62. The van der Waals surface area contributed by atoms with Gasteiger partial charge in [-0.25, -0.2) is 4.98 Å². The highest BCUT2D eigenvalue weighted by Gasteiger charge is 2.09. The van der Waals surface area contributed by atoms with E-state index in [1.54, 1.807) is 11.3 Å². The standard InChI is InChI=1S/C13H12N4OS/c1-2-4-10(5-3-1)13-17-16-11(18-13)8-14-9-12-15-6-7-19-12/h1-7,14H,8-9H2/p+1. The van der Waals surface area contributed by atoms with Gasteiger partial charge in [-0.2, -0.15) is 0 Å². The van der Waals surface area contributed by atoms with Crippen molar-refractivity contribution < 1.29 is 9.73 Å². The molecule has 0 saturated heterocycles. The summed E-state index contributed by atoms with van der Waals surface area (Å²) in [6, 6.07) is 9.78. The first-order valence-electron chi connectivity index (χ1n) is 5.99. The van der Waals surface area contributed by atoms with Gasteiger partial charge in [0, 0.05) is 17.1 Å². The number of nitrogens with two attached hydrogens (primary N) is 1. The molecule has 3 aromatic rings. The summed E-state index contributed by atoms with van der Waals surface area (Å²) in [7, 11) is 0. The summed E-state index contributed by atoms with van der Waals surface area (Å²) in [5.41, 5.74) is 0.946. The highest BCUT2D eigenvalue weighted by molar-refractivity contribution is 7.09. The van der Waals surface area contributed by atoms with Crippen LogP contribution in [0.25, 0.3) is 11.5 Å². The van der Waals surface area contributed by atoms with Crippen molar-refractivity contribution in [3.05, 3.63) is 52.8 Å². The van der Waals surface area contributed by atoms with Crippen LogP contribution in [0.3, 0.4) is 0 Å². The minimum absolute atomic E-state index is 0.568. The van der Waals surface area contributed by atoms with Crippen LogP contribution in [0, 0.1) is 0 Å². The fourth-order valence-electron chi connectivity index (χ4n) is 1.71. The fourth-order valence-corrected chi connectivity index (χ4v) is 2.32. The van der Waals surface area contributed by atoms with Gasteiger partial charge < -0.3 is 9.73 Å². The summed E-state index contributed by atoms with van der Waals surface area (Å²) in [6.45, 7) is 1.50. The van der Waals surface area contributed by atoms with Crippen LogP contribution in [0.15, 0.2) is 46.3 Å². The molecule has 2 aromatic heterocycles. The average Bonchev–Trinajstić information content (AvgIpc) is 3.11. The molecule has 0 atom stereocenters. The van der Waals surface area contributed by atoms with Crippen molar-refractivity contribution in [2.24, 2.45) is 0 Å². The molecule has 5 nitrogen and oxygen atoms in total. The quantitative estimate of drug-likeness (QED) is 0.764. The third kappa shape index (κ3) is 3.04. The Kier molecular flexibility index (Phi) is 3.62. The number of hydrogen-bond donors (Lipinski definition) is 1. The van der Waals surface area contributed by atoms with Gasteiger partial charge in [0.15, 0.2) is 6.54 Å². The van der Waals surface area contributed by atoms with Gasteiger partial charge in [-0.3, -0.25) is 0 Å². The molecule has 0 aliphatic rings. The number of quaternary nitrogens is 1.